The van der Waals surface area contributed by atoms with Crippen molar-refractivity contribution >= 4 is 41.7 Å². The Morgan fingerprint density at radius 3 is 2.17 bits per heavy atom. The zero-order valence-corrected chi connectivity index (χ0v) is 36.9. The summed E-state index contributed by atoms with van der Waals surface area (Å²) in [5.41, 5.74) is 1.51. The van der Waals surface area contributed by atoms with Gasteiger partial charge in [-0.15, -0.1) is 0 Å². The van der Waals surface area contributed by atoms with Crippen LogP contribution in [0.2, 0.25) is 18.1 Å². The van der Waals surface area contributed by atoms with Crippen LogP contribution >= 0.6 is 0 Å². The molecule has 1 aromatic heterocycles. The smallest absolute Gasteiger partial charge is 0.410 e. The van der Waals surface area contributed by atoms with E-state index >= 15 is 0 Å². The van der Waals surface area contributed by atoms with Gasteiger partial charge in [-0.05, 0) is 94.1 Å². The second kappa shape index (κ2) is 18.0. The topological polar surface area (TPSA) is 157 Å². The SMILES string of the molecule is CCCS(=O)(=O)C1CC([C@@H](O[Si](C)(C)C(C)(C)C)[C@H](Cc2ccccc2)NC(=O)c2cc(NC(=O)c3ccccc3)cc(-c3ncco3)c2)N(C(=O)OC(C)(C)C)C1. The van der Waals surface area contributed by atoms with Crippen LogP contribution in [0.15, 0.2) is 95.7 Å². The lowest BCUT2D eigenvalue weighted by Crippen LogP contribution is -2.60. The van der Waals surface area contributed by atoms with E-state index in [0.29, 0.717) is 29.7 Å². The first-order valence-electron chi connectivity index (χ1n) is 19.8. The number of sulfone groups is 1. The van der Waals surface area contributed by atoms with E-state index in [1.54, 1.807) is 63.2 Å². The maximum absolute atomic E-state index is 14.7. The quantitative estimate of drug-likeness (QED) is 0.119. The molecule has 2 heterocycles. The van der Waals surface area contributed by atoms with Crippen LogP contribution in [0.1, 0.15) is 87.6 Å². The van der Waals surface area contributed by atoms with Crippen molar-refractivity contribution < 1.29 is 36.4 Å². The first-order valence-corrected chi connectivity index (χ1v) is 24.4. The predicted molar refractivity (Wildman–Crippen MR) is 229 cm³/mol. The summed E-state index contributed by atoms with van der Waals surface area (Å²) < 4.78 is 46.3. The third-order valence-corrected chi connectivity index (χ3v) is 17.5. The predicted octanol–water partition coefficient (Wildman–Crippen LogP) is 8.53. The minimum atomic E-state index is -3.60. The van der Waals surface area contributed by atoms with Gasteiger partial charge in [0.15, 0.2) is 18.2 Å². The molecule has 1 saturated heterocycles. The molecule has 3 amide bonds. The highest BCUT2D eigenvalue weighted by Crippen LogP contribution is 2.41. The number of carbonyl (C=O) groups excluding carboxylic acids is 3. The van der Waals surface area contributed by atoms with Crippen molar-refractivity contribution in [1.82, 2.24) is 15.2 Å². The molecule has 0 aliphatic carbocycles. The molecule has 0 bridgehead atoms. The lowest BCUT2D eigenvalue weighted by atomic mass is 9.94. The molecular weight excluding hydrogens is 773 g/mol. The second-order valence-corrected chi connectivity index (χ2v) is 24.7. The maximum atomic E-state index is 14.7. The van der Waals surface area contributed by atoms with Crippen LogP contribution in [0.5, 0.6) is 0 Å². The molecule has 0 saturated carbocycles. The molecule has 12 nitrogen and oxygen atoms in total. The third kappa shape index (κ3) is 11.2. The van der Waals surface area contributed by atoms with Gasteiger partial charge in [0.05, 0.1) is 35.4 Å². The number of carbonyl (C=O) groups is 3. The van der Waals surface area contributed by atoms with Gasteiger partial charge in [-0.2, -0.15) is 0 Å². The minimum absolute atomic E-state index is 0.0194. The van der Waals surface area contributed by atoms with Crippen LogP contribution in [-0.2, 0) is 25.4 Å². The molecule has 58 heavy (non-hydrogen) atoms. The molecule has 4 aromatic rings. The summed E-state index contributed by atoms with van der Waals surface area (Å²) in [6, 6.07) is 21.8. The van der Waals surface area contributed by atoms with Gasteiger partial charge in [-0.25, -0.2) is 18.2 Å². The largest absolute Gasteiger partial charge is 0.445 e. The van der Waals surface area contributed by atoms with Crippen LogP contribution in [0.4, 0.5) is 10.5 Å². The Hall–Kier alpha value is -4.79. The van der Waals surface area contributed by atoms with E-state index in [9.17, 15) is 22.8 Å². The fraction of sp³-hybridized carbons (Fsp3) is 0.455. The Morgan fingerprint density at radius 2 is 1.59 bits per heavy atom. The van der Waals surface area contributed by atoms with Gasteiger partial charge in [-0.1, -0.05) is 76.2 Å². The monoisotopic (exact) mass is 830 g/mol. The molecule has 3 aromatic carbocycles. The molecule has 1 fully saturated rings. The van der Waals surface area contributed by atoms with Crippen molar-refractivity contribution in [1.29, 1.82) is 0 Å². The van der Waals surface area contributed by atoms with E-state index < -0.39 is 59.2 Å². The number of nitrogens with one attached hydrogen (secondary N) is 2. The van der Waals surface area contributed by atoms with Gasteiger partial charge in [0.2, 0.25) is 5.89 Å². The van der Waals surface area contributed by atoms with Crippen molar-refractivity contribution in [3.63, 3.8) is 0 Å². The van der Waals surface area contributed by atoms with Gasteiger partial charge >= 0.3 is 6.09 Å². The molecule has 5 rings (SSSR count). The zero-order valence-electron chi connectivity index (χ0n) is 35.1. The van der Waals surface area contributed by atoms with Crippen molar-refractivity contribution in [3.8, 4) is 11.5 Å². The molecule has 1 aliphatic heterocycles. The molecule has 1 aliphatic rings. The summed E-state index contributed by atoms with van der Waals surface area (Å²) in [5.74, 6) is -0.611. The van der Waals surface area contributed by atoms with Crippen LogP contribution in [-0.4, -0.2) is 85.9 Å². The van der Waals surface area contributed by atoms with E-state index in [1.165, 1.54) is 17.4 Å². The first-order chi connectivity index (χ1) is 27.2. The van der Waals surface area contributed by atoms with E-state index in [0.717, 1.165) is 5.56 Å². The molecule has 0 radical (unpaired) electrons. The normalized spacial score (nSPS) is 17.4. The number of anilines is 1. The zero-order chi connectivity index (χ0) is 42.5. The maximum Gasteiger partial charge on any atom is 0.410 e. The van der Waals surface area contributed by atoms with Crippen LogP contribution in [0.3, 0.4) is 0 Å². The van der Waals surface area contributed by atoms with E-state index in [2.05, 4.69) is 49.5 Å². The van der Waals surface area contributed by atoms with Crippen molar-refractivity contribution in [2.75, 3.05) is 17.6 Å². The lowest BCUT2D eigenvalue weighted by Gasteiger charge is -2.45. The number of benzene rings is 3. The molecule has 312 valence electrons. The average molecular weight is 831 g/mol. The summed E-state index contributed by atoms with van der Waals surface area (Å²) in [6.45, 7) is 17.6. The Kier molecular flexibility index (Phi) is 13.8. The highest BCUT2D eigenvalue weighted by Gasteiger charge is 2.51. The number of hydrogen-bond acceptors (Lipinski definition) is 9. The third-order valence-electron chi connectivity index (χ3n) is 10.7. The summed E-state index contributed by atoms with van der Waals surface area (Å²) in [7, 11) is -6.29. The Bertz CT molecular complexity index is 2130. The fourth-order valence-electron chi connectivity index (χ4n) is 6.81. The summed E-state index contributed by atoms with van der Waals surface area (Å²) >= 11 is 0. The number of amides is 3. The number of oxazole rings is 1. The van der Waals surface area contributed by atoms with Crippen LogP contribution in [0.25, 0.3) is 11.5 Å². The molecule has 14 heteroatoms. The number of ether oxygens (including phenoxy) is 1. The van der Waals surface area contributed by atoms with Gasteiger partial charge < -0.3 is 29.1 Å². The summed E-state index contributed by atoms with van der Waals surface area (Å²) in [5, 5.41) is 5.04. The van der Waals surface area contributed by atoms with Gasteiger partial charge in [0, 0.05) is 28.9 Å². The number of aromatic nitrogens is 1. The molecule has 0 spiro atoms. The lowest BCUT2D eigenvalue weighted by molar-refractivity contribution is 0.00131. The van der Waals surface area contributed by atoms with Gasteiger partial charge in [-0.3, -0.25) is 9.59 Å². The first kappa shape index (κ1) is 44.3. The Morgan fingerprint density at radius 1 is 0.931 bits per heavy atom. The van der Waals surface area contributed by atoms with Crippen molar-refractivity contribution in [2.45, 2.75) is 115 Å². The van der Waals surface area contributed by atoms with E-state index in [-0.39, 0.29) is 41.1 Å². The molecule has 2 N–H and O–H groups in total. The number of hydrogen-bond donors (Lipinski definition) is 2. The standard InChI is InChI=1S/C44H58N4O8SSi/c1-10-23-57(52,53)35-28-37(48(29-35)42(51)55-43(2,3)4)38(56-58(8,9)44(5,6)7)36(24-30-17-13-11-14-18-30)47-40(50)32-25-33(41-45-21-22-54-41)27-34(26-32)46-39(49)31-19-15-12-16-20-31/h11-22,25-27,35-38H,10,23-24,28-29H2,1-9H3,(H,46,49)(H,47,50)/t35?,36-,37?,38-/m0/s1. The van der Waals surface area contributed by atoms with Gasteiger partial charge in [0.25, 0.3) is 11.8 Å². The highest BCUT2D eigenvalue weighted by molar-refractivity contribution is 7.92. The highest BCUT2D eigenvalue weighted by atomic mass is 32.2. The number of rotatable bonds is 14. The van der Waals surface area contributed by atoms with Crippen LogP contribution < -0.4 is 10.6 Å². The van der Waals surface area contributed by atoms with Gasteiger partial charge in [0.1, 0.15) is 11.9 Å². The number of nitrogens with zero attached hydrogens (tertiary/aromatic N) is 2. The van der Waals surface area contributed by atoms with Crippen LogP contribution in [0, 0.1) is 0 Å². The molecule has 4 atom stereocenters. The summed E-state index contributed by atoms with van der Waals surface area (Å²) in [6.07, 6.45) is 2.27. The molecule has 2 unspecified atom stereocenters. The molecular formula is C44H58N4O8SSi. The number of likely N-dealkylation sites (tertiary alicyclic amines) is 1. The fourth-order valence-corrected chi connectivity index (χ4v) is 9.94. The average Bonchev–Trinajstić information content (AvgIpc) is 3.85. The summed E-state index contributed by atoms with van der Waals surface area (Å²) in [4.78, 5) is 47.9. The second-order valence-electron chi connectivity index (χ2n) is 17.5. The Balaban J connectivity index is 1.63. The van der Waals surface area contributed by atoms with E-state index in [1.807, 2.05) is 43.3 Å². The Labute approximate surface area is 344 Å². The van der Waals surface area contributed by atoms with E-state index in [4.69, 9.17) is 13.6 Å². The van der Waals surface area contributed by atoms with Crippen molar-refractivity contribution in [2.24, 2.45) is 0 Å². The minimum Gasteiger partial charge on any atom is -0.445 e. The van der Waals surface area contributed by atoms with Crippen molar-refractivity contribution in [3.05, 3.63) is 108 Å².